The number of hydrogen-bond donors (Lipinski definition) is 0. The topological polar surface area (TPSA) is 9.23 Å². The van der Waals surface area contributed by atoms with Crippen molar-refractivity contribution in [2.24, 2.45) is 0 Å². The van der Waals surface area contributed by atoms with Crippen molar-refractivity contribution in [3.05, 3.63) is 47.1 Å². The number of allylic oxidation sites excluding steroid dienone is 5. The van der Waals surface area contributed by atoms with Crippen LogP contribution in [0.3, 0.4) is 0 Å². The Hall–Kier alpha value is -1.08. The molecule has 0 aromatic heterocycles. The van der Waals surface area contributed by atoms with E-state index >= 15 is 0 Å². The summed E-state index contributed by atoms with van der Waals surface area (Å²) in [5.41, 5.74) is 4.35. The Kier molecular flexibility index (Phi) is 2.34. The van der Waals surface area contributed by atoms with Crippen molar-refractivity contribution in [2.45, 2.75) is 31.8 Å². The number of ether oxygens (including phenoxy) is 1. The van der Waals surface area contributed by atoms with Crippen molar-refractivity contribution in [1.29, 1.82) is 0 Å². The van der Waals surface area contributed by atoms with Crippen LogP contribution < -0.4 is 0 Å². The summed E-state index contributed by atoms with van der Waals surface area (Å²) in [6, 6.07) is 0. The summed E-state index contributed by atoms with van der Waals surface area (Å²) < 4.78 is 5.91. The lowest BCUT2D eigenvalue weighted by Gasteiger charge is -2.33. The molecule has 2 aliphatic carbocycles. The van der Waals surface area contributed by atoms with Crippen molar-refractivity contribution in [2.75, 3.05) is 6.61 Å². The van der Waals surface area contributed by atoms with Crippen LogP contribution in [-0.2, 0) is 4.74 Å². The molecule has 0 radical (unpaired) electrons. The summed E-state index contributed by atoms with van der Waals surface area (Å²) >= 11 is 0. The van der Waals surface area contributed by atoms with Crippen LogP contribution in [0, 0.1) is 0 Å². The van der Waals surface area contributed by atoms with Crippen LogP contribution in [-0.4, -0.2) is 12.7 Å². The van der Waals surface area contributed by atoms with E-state index in [-0.39, 0.29) is 0 Å². The van der Waals surface area contributed by atoms with Crippen LogP contribution in [0.25, 0.3) is 0 Å². The molecule has 0 amide bonds. The molecule has 1 heterocycles. The first-order valence-corrected chi connectivity index (χ1v) is 5.84. The van der Waals surface area contributed by atoms with E-state index in [0.29, 0.717) is 6.10 Å². The smallest absolute Gasteiger partial charge is 0.0798 e. The molecule has 78 valence electrons. The molecular weight excluding hydrogens is 184 g/mol. The first kappa shape index (κ1) is 9.17. The summed E-state index contributed by atoms with van der Waals surface area (Å²) in [6.07, 6.45) is 16.3. The fourth-order valence-corrected chi connectivity index (χ4v) is 2.69. The molecular formula is C14H16O. The third kappa shape index (κ3) is 1.61. The van der Waals surface area contributed by atoms with Crippen LogP contribution >= 0.6 is 0 Å². The lowest BCUT2D eigenvalue weighted by Crippen LogP contribution is -2.27. The van der Waals surface area contributed by atoms with E-state index in [2.05, 4.69) is 30.4 Å². The maximum absolute atomic E-state index is 5.91. The second kappa shape index (κ2) is 3.82. The summed E-state index contributed by atoms with van der Waals surface area (Å²) in [7, 11) is 0. The van der Waals surface area contributed by atoms with Gasteiger partial charge in [-0.2, -0.15) is 0 Å². The molecule has 1 saturated carbocycles. The van der Waals surface area contributed by atoms with Gasteiger partial charge < -0.3 is 4.74 Å². The summed E-state index contributed by atoms with van der Waals surface area (Å²) in [4.78, 5) is 0. The molecule has 1 atom stereocenters. The Morgan fingerprint density at radius 1 is 1.13 bits per heavy atom. The van der Waals surface area contributed by atoms with Crippen LogP contribution in [0.5, 0.6) is 0 Å². The third-order valence-corrected chi connectivity index (χ3v) is 3.47. The van der Waals surface area contributed by atoms with Gasteiger partial charge in [0.1, 0.15) is 0 Å². The van der Waals surface area contributed by atoms with Crippen molar-refractivity contribution in [3.8, 4) is 0 Å². The summed E-state index contributed by atoms with van der Waals surface area (Å²) in [5.74, 6) is 0. The molecule has 1 nitrogen and oxygen atoms in total. The maximum atomic E-state index is 5.91. The number of fused-ring (bicyclic) bond motifs is 2. The SMILES string of the molecule is C1=CC=C2COC3CCCCC3=C2C=C1. The van der Waals surface area contributed by atoms with Crippen molar-refractivity contribution in [3.63, 3.8) is 0 Å². The lowest BCUT2D eigenvalue weighted by molar-refractivity contribution is 0.0693. The highest BCUT2D eigenvalue weighted by Crippen LogP contribution is 2.36. The van der Waals surface area contributed by atoms with Gasteiger partial charge in [0.15, 0.2) is 0 Å². The molecule has 3 rings (SSSR count). The van der Waals surface area contributed by atoms with Crippen LogP contribution in [0.15, 0.2) is 47.1 Å². The van der Waals surface area contributed by atoms with Gasteiger partial charge >= 0.3 is 0 Å². The molecule has 15 heavy (non-hydrogen) atoms. The van der Waals surface area contributed by atoms with E-state index in [1.54, 1.807) is 5.57 Å². The van der Waals surface area contributed by atoms with Gasteiger partial charge in [0.05, 0.1) is 12.7 Å². The zero-order chi connectivity index (χ0) is 10.1. The quantitative estimate of drug-likeness (QED) is 0.583. The molecule has 0 bridgehead atoms. The van der Waals surface area contributed by atoms with Gasteiger partial charge in [-0.3, -0.25) is 0 Å². The Bertz CT molecular complexity index is 382. The van der Waals surface area contributed by atoms with Crippen LogP contribution in [0.1, 0.15) is 25.7 Å². The number of hydrogen-bond acceptors (Lipinski definition) is 1. The minimum Gasteiger partial charge on any atom is -0.369 e. The molecule has 0 aromatic rings. The highest BCUT2D eigenvalue weighted by atomic mass is 16.5. The summed E-state index contributed by atoms with van der Waals surface area (Å²) in [6.45, 7) is 0.790. The molecule has 1 unspecified atom stereocenters. The largest absolute Gasteiger partial charge is 0.369 e. The van der Waals surface area contributed by atoms with Gasteiger partial charge in [0, 0.05) is 0 Å². The Morgan fingerprint density at radius 3 is 3.13 bits per heavy atom. The van der Waals surface area contributed by atoms with Gasteiger partial charge in [-0.25, -0.2) is 0 Å². The molecule has 1 aliphatic heterocycles. The first-order chi connectivity index (χ1) is 7.45. The average Bonchev–Trinajstić information content (AvgIpc) is 2.54. The zero-order valence-corrected chi connectivity index (χ0v) is 8.91. The molecule has 0 saturated heterocycles. The van der Waals surface area contributed by atoms with E-state index < -0.39 is 0 Å². The predicted molar refractivity (Wildman–Crippen MR) is 61.6 cm³/mol. The van der Waals surface area contributed by atoms with Crippen molar-refractivity contribution >= 4 is 0 Å². The molecule has 0 aromatic carbocycles. The highest BCUT2D eigenvalue weighted by Gasteiger charge is 2.27. The van der Waals surface area contributed by atoms with E-state index in [1.165, 1.54) is 36.8 Å². The van der Waals surface area contributed by atoms with E-state index in [9.17, 15) is 0 Å². The molecule has 1 heteroatoms. The molecule has 3 aliphatic rings. The second-order valence-electron chi connectivity index (χ2n) is 4.42. The average molecular weight is 200 g/mol. The van der Waals surface area contributed by atoms with Gasteiger partial charge in [-0.05, 0) is 36.0 Å². The van der Waals surface area contributed by atoms with Gasteiger partial charge in [0.2, 0.25) is 0 Å². The second-order valence-corrected chi connectivity index (χ2v) is 4.42. The van der Waals surface area contributed by atoms with Crippen LogP contribution in [0.4, 0.5) is 0 Å². The maximum Gasteiger partial charge on any atom is 0.0798 e. The fourth-order valence-electron chi connectivity index (χ4n) is 2.69. The minimum absolute atomic E-state index is 0.411. The first-order valence-electron chi connectivity index (χ1n) is 5.84. The highest BCUT2D eigenvalue weighted by molar-refractivity contribution is 5.51. The Balaban J connectivity index is 2.06. The molecule has 0 N–H and O–H groups in total. The monoisotopic (exact) mass is 200 g/mol. The Labute approximate surface area is 90.8 Å². The minimum atomic E-state index is 0.411. The number of rotatable bonds is 0. The van der Waals surface area contributed by atoms with E-state index in [1.807, 2.05) is 0 Å². The molecule has 0 spiro atoms. The van der Waals surface area contributed by atoms with Gasteiger partial charge in [0.25, 0.3) is 0 Å². The van der Waals surface area contributed by atoms with E-state index in [0.717, 1.165) is 6.61 Å². The normalized spacial score (nSPS) is 29.3. The standard InChI is InChI=1S/C14H16O/c1-2-6-11-10-15-14-9-5-4-8-13(14)12(11)7-3-1/h1-3,6-7,14H,4-5,8-10H2. The van der Waals surface area contributed by atoms with Gasteiger partial charge in [-0.1, -0.05) is 36.8 Å². The fraction of sp³-hybridized carbons (Fsp3) is 0.429. The van der Waals surface area contributed by atoms with Crippen LogP contribution in [0.2, 0.25) is 0 Å². The van der Waals surface area contributed by atoms with Crippen molar-refractivity contribution in [1.82, 2.24) is 0 Å². The lowest BCUT2D eigenvalue weighted by atomic mass is 9.84. The van der Waals surface area contributed by atoms with Crippen molar-refractivity contribution < 1.29 is 4.74 Å². The summed E-state index contributed by atoms with van der Waals surface area (Å²) in [5, 5.41) is 0. The molecule has 1 fully saturated rings. The van der Waals surface area contributed by atoms with E-state index in [4.69, 9.17) is 4.74 Å². The zero-order valence-electron chi connectivity index (χ0n) is 8.91. The third-order valence-electron chi connectivity index (χ3n) is 3.47. The predicted octanol–water partition coefficient (Wildman–Crippen LogP) is 3.31. The van der Waals surface area contributed by atoms with Gasteiger partial charge in [-0.15, -0.1) is 0 Å². The Morgan fingerprint density at radius 2 is 2.13 bits per heavy atom.